The number of aliphatic hydroxyl groups is 1. The minimum atomic E-state index is -0.0712. The second-order valence-electron chi connectivity index (χ2n) is 5.50. The summed E-state index contributed by atoms with van der Waals surface area (Å²) >= 11 is 0. The predicted octanol–water partition coefficient (Wildman–Crippen LogP) is 1.08. The molecule has 0 bridgehead atoms. The highest BCUT2D eigenvalue weighted by Gasteiger charge is 2.22. The number of piperazine rings is 1. The summed E-state index contributed by atoms with van der Waals surface area (Å²) in [6, 6.07) is 7.61. The van der Waals surface area contributed by atoms with Crippen LogP contribution in [0.4, 0.5) is 4.79 Å². The number of nitrogens with one attached hydrogen (secondary N) is 1. The van der Waals surface area contributed by atoms with Crippen molar-refractivity contribution in [1.82, 2.24) is 15.1 Å². The Morgan fingerprint density at radius 2 is 2.09 bits per heavy atom. The molecule has 0 unspecified atom stereocenters. The first-order chi connectivity index (χ1) is 10.6. The summed E-state index contributed by atoms with van der Waals surface area (Å²) in [5.74, 6) is 0.788. The van der Waals surface area contributed by atoms with Gasteiger partial charge >= 0.3 is 6.03 Å². The lowest BCUT2D eigenvalue weighted by molar-refractivity contribution is 0.121. The lowest BCUT2D eigenvalue weighted by Crippen LogP contribution is -2.52. The largest absolute Gasteiger partial charge is 0.497 e. The highest BCUT2D eigenvalue weighted by atomic mass is 16.5. The third-order valence-corrected chi connectivity index (χ3v) is 4.01. The Morgan fingerprint density at radius 3 is 2.73 bits per heavy atom. The minimum Gasteiger partial charge on any atom is -0.497 e. The normalized spacial score (nSPS) is 17.1. The molecular weight excluding hydrogens is 282 g/mol. The summed E-state index contributed by atoms with van der Waals surface area (Å²) in [6.07, 6.45) is 0. The average Bonchev–Trinajstić information content (AvgIpc) is 2.55. The lowest BCUT2D eigenvalue weighted by atomic mass is 10.1. The Bertz CT molecular complexity index is 487. The van der Waals surface area contributed by atoms with Crippen molar-refractivity contribution >= 4 is 6.03 Å². The molecule has 1 aromatic rings. The number of hydrogen-bond donors (Lipinski definition) is 2. The van der Waals surface area contributed by atoms with E-state index < -0.39 is 0 Å². The van der Waals surface area contributed by atoms with Crippen LogP contribution < -0.4 is 10.1 Å². The Kier molecular flexibility index (Phi) is 6.03. The van der Waals surface area contributed by atoms with Crippen LogP contribution in [0.5, 0.6) is 5.75 Å². The van der Waals surface area contributed by atoms with Crippen molar-refractivity contribution in [3.05, 3.63) is 29.8 Å². The number of amides is 2. The molecule has 6 heteroatoms. The molecule has 1 atom stereocenters. The van der Waals surface area contributed by atoms with Gasteiger partial charge in [-0.1, -0.05) is 12.1 Å². The SMILES string of the molecule is COc1cccc([C@@H](C)NC(=O)N2CCN(CCO)CC2)c1. The van der Waals surface area contributed by atoms with E-state index in [1.54, 1.807) is 7.11 Å². The van der Waals surface area contributed by atoms with Gasteiger partial charge in [-0.3, -0.25) is 4.90 Å². The van der Waals surface area contributed by atoms with E-state index in [9.17, 15) is 4.79 Å². The van der Waals surface area contributed by atoms with Gasteiger partial charge in [0.25, 0.3) is 0 Å². The lowest BCUT2D eigenvalue weighted by Gasteiger charge is -2.35. The second kappa shape index (κ2) is 8.00. The van der Waals surface area contributed by atoms with Gasteiger partial charge < -0.3 is 20.1 Å². The maximum Gasteiger partial charge on any atom is 0.317 e. The van der Waals surface area contributed by atoms with Crippen molar-refractivity contribution < 1.29 is 14.6 Å². The molecule has 0 spiro atoms. The van der Waals surface area contributed by atoms with E-state index in [1.165, 1.54) is 0 Å². The summed E-state index contributed by atoms with van der Waals surface area (Å²) in [4.78, 5) is 16.3. The molecule has 2 amide bonds. The van der Waals surface area contributed by atoms with Gasteiger partial charge in [-0.2, -0.15) is 0 Å². The van der Waals surface area contributed by atoms with Crippen LogP contribution in [0.2, 0.25) is 0 Å². The molecule has 0 saturated carbocycles. The third kappa shape index (κ3) is 4.35. The summed E-state index contributed by atoms with van der Waals surface area (Å²) in [7, 11) is 1.63. The molecule has 1 heterocycles. The number of aliphatic hydroxyl groups excluding tert-OH is 1. The topological polar surface area (TPSA) is 65.0 Å². The molecular formula is C16H25N3O3. The number of nitrogens with zero attached hydrogens (tertiary/aromatic N) is 2. The van der Waals surface area contributed by atoms with Gasteiger partial charge in [0.1, 0.15) is 5.75 Å². The molecule has 0 aliphatic carbocycles. The van der Waals surface area contributed by atoms with Crippen molar-refractivity contribution in [2.75, 3.05) is 46.4 Å². The van der Waals surface area contributed by atoms with Gasteiger partial charge in [0, 0.05) is 32.7 Å². The van der Waals surface area contributed by atoms with Gasteiger partial charge in [0.15, 0.2) is 0 Å². The standard InChI is InChI=1S/C16H25N3O3/c1-13(14-4-3-5-15(12-14)22-2)17-16(21)19-8-6-18(7-9-19)10-11-20/h3-5,12-13,20H,6-11H2,1-2H3,(H,17,21)/t13-/m1/s1. The van der Waals surface area contributed by atoms with Gasteiger partial charge in [0.2, 0.25) is 0 Å². The van der Waals surface area contributed by atoms with Crippen LogP contribution >= 0.6 is 0 Å². The summed E-state index contributed by atoms with van der Waals surface area (Å²) < 4.78 is 5.21. The summed E-state index contributed by atoms with van der Waals surface area (Å²) in [5, 5.41) is 12.0. The number of rotatable bonds is 5. The zero-order chi connectivity index (χ0) is 15.9. The summed E-state index contributed by atoms with van der Waals surface area (Å²) in [6.45, 7) is 5.81. The molecule has 1 aliphatic rings. The fourth-order valence-corrected chi connectivity index (χ4v) is 2.59. The zero-order valence-electron chi connectivity index (χ0n) is 13.3. The highest BCUT2D eigenvalue weighted by Crippen LogP contribution is 2.19. The maximum absolute atomic E-state index is 12.3. The molecule has 2 N–H and O–H groups in total. The number of carbonyl (C=O) groups is 1. The fourth-order valence-electron chi connectivity index (χ4n) is 2.59. The van der Waals surface area contributed by atoms with Crippen LogP contribution in [0.3, 0.4) is 0 Å². The number of hydrogen-bond acceptors (Lipinski definition) is 4. The zero-order valence-corrected chi connectivity index (χ0v) is 13.3. The molecule has 0 radical (unpaired) electrons. The van der Waals surface area contributed by atoms with E-state index in [1.807, 2.05) is 36.1 Å². The maximum atomic E-state index is 12.3. The molecule has 0 aromatic heterocycles. The van der Waals surface area contributed by atoms with Crippen LogP contribution in [0.1, 0.15) is 18.5 Å². The number of carbonyl (C=O) groups excluding carboxylic acids is 1. The summed E-state index contributed by atoms with van der Waals surface area (Å²) in [5.41, 5.74) is 1.02. The first kappa shape index (κ1) is 16.6. The smallest absolute Gasteiger partial charge is 0.317 e. The number of benzene rings is 1. The van der Waals surface area contributed by atoms with E-state index in [-0.39, 0.29) is 18.7 Å². The number of urea groups is 1. The molecule has 22 heavy (non-hydrogen) atoms. The number of ether oxygens (including phenoxy) is 1. The Hall–Kier alpha value is -1.79. The molecule has 1 aromatic carbocycles. The Labute approximate surface area is 131 Å². The molecule has 2 rings (SSSR count). The van der Waals surface area contributed by atoms with E-state index >= 15 is 0 Å². The van der Waals surface area contributed by atoms with Gasteiger partial charge in [-0.25, -0.2) is 4.79 Å². The van der Waals surface area contributed by atoms with Crippen LogP contribution in [0.15, 0.2) is 24.3 Å². The van der Waals surface area contributed by atoms with Crippen molar-refractivity contribution in [3.8, 4) is 5.75 Å². The number of methoxy groups -OCH3 is 1. The van der Waals surface area contributed by atoms with Gasteiger partial charge in [0.05, 0.1) is 19.8 Å². The minimum absolute atomic E-state index is 0.0426. The Balaban J connectivity index is 1.86. The van der Waals surface area contributed by atoms with Gasteiger partial charge in [-0.05, 0) is 24.6 Å². The van der Waals surface area contributed by atoms with E-state index in [4.69, 9.17) is 9.84 Å². The fraction of sp³-hybridized carbons (Fsp3) is 0.562. The van der Waals surface area contributed by atoms with Crippen molar-refractivity contribution in [2.24, 2.45) is 0 Å². The van der Waals surface area contributed by atoms with Gasteiger partial charge in [-0.15, -0.1) is 0 Å². The quantitative estimate of drug-likeness (QED) is 0.854. The number of β-amino-alcohol motifs (C(OH)–C–C–N with tert-alkyl or cyclic N) is 1. The molecule has 6 nitrogen and oxygen atoms in total. The highest BCUT2D eigenvalue weighted by molar-refractivity contribution is 5.74. The van der Waals surface area contributed by atoms with E-state index in [0.29, 0.717) is 19.6 Å². The molecule has 1 aliphatic heterocycles. The van der Waals surface area contributed by atoms with Crippen LogP contribution in [0, 0.1) is 0 Å². The Morgan fingerprint density at radius 1 is 1.36 bits per heavy atom. The first-order valence-corrected chi connectivity index (χ1v) is 7.66. The molecule has 122 valence electrons. The van der Waals surface area contributed by atoms with Crippen LogP contribution in [-0.4, -0.2) is 67.4 Å². The van der Waals surface area contributed by atoms with E-state index in [2.05, 4.69) is 10.2 Å². The average molecular weight is 307 g/mol. The van der Waals surface area contributed by atoms with Crippen LogP contribution in [-0.2, 0) is 0 Å². The van der Waals surface area contributed by atoms with Crippen molar-refractivity contribution in [2.45, 2.75) is 13.0 Å². The van der Waals surface area contributed by atoms with Crippen molar-refractivity contribution in [3.63, 3.8) is 0 Å². The monoisotopic (exact) mass is 307 g/mol. The second-order valence-corrected chi connectivity index (χ2v) is 5.50. The first-order valence-electron chi connectivity index (χ1n) is 7.66. The molecule has 1 fully saturated rings. The van der Waals surface area contributed by atoms with Crippen LogP contribution in [0.25, 0.3) is 0 Å². The van der Waals surface area contributed by atoms with E-state index in [0.717, 1.165) is 24.4 Å². The predicted molar refractivity (Wildman–Crippen MR) is 85.0 cm³/mol. The van der Waals surface area contributed by atoms with Crippen molar-refractivity contribution in [1.29, 1.82) is 0 Å². The third-order valence-electron chi connectivity index (χ3n) is 4.01. The molecule has 1 saturated heterocycles.